The summed E-state index contributed by atoms with van der Waals surface area (Å²) in [5.74, 6) is -0.628. The number of pyridine rings is 1. The molecule has 0 spiro atoms. The number of amides is 1. The Balaban J connectivity index is 1.88. The summed E-state index contributed by atoms with van der Waals surface area (Å²) in [4.78, 5) is 19.9. The number of aryl methyl sites for hydroxylation is 3. The van der Waals surface area contributed by atoms with Crippen LogP contribution in [0.5, 0.6) is 0 Å². The lowest BCUT2D eigenvalue weighted by molar-refractivity contribution is -0.140. The van der Waals surface area contributed by atoms with Gasteiger partial charge in [-0.2, -0.15) is 18.3 Å². The highest BCUT2D eigenvalue weighted by molar-refractivity contribution is 7.14. The lowest BCUT2D eigenvalue weighted by atomic mass is 10.1. The monoisotopic (exact) mass is 381 g/mol. The Morgan fingerprint density at radius 2 is 1.88 bits per heavy atom. The first-order valence-electron chi connectivity index (χ1n) is 7.47. The summed E-state index contributed by atoms with van der Waals surface area (Å²) in [6.45, 7) is 3.58. The molecule has 0 aliphatic carbocycles. The molecule has 0 aromatic carbocycles. The van der Waals surface area contributed by atoms with E-state index < -0.39 is 17.8 Å². The number of hydrogen-bond donors (Lipinski definition) is 1. The van der Waals surface area contributed by atoms with Crippen molar-refractivity contribution in [3.8, 4) is 11.3 Å². The zero-order valence-corrected chi connectivity index (χ0v) is 14.9. The van der Waals surface area contributed by atoms with E-state index in [0.717, 1.165) is 22.3 Å². The number of aromatic nitrogens is 4. The normalized spacial score (nSPS) is 11.6. The van der Waals surface area contributed by atoms with Crippen LogP contribution in [0.2, 0.25) is 0 Å². The molecule has 1 amide bonds. The van der Waals surface area contributed by atoms with Crippen molar-refractivity contribution in [2.45, 2.75) is 20.0 Å². The molecule has 1 N–H and O–H groups in total. The fourth-order valence-electron chi connectivity index (χ4n) is 2.44. The SMILES string of the molecule is Cc1cc(-c2cc(C)nn2C)cc(C(=O)Nc2nc(C(F)(F)F)cs2)n1. The molecule has 0 aliphatic heterocycles. The van der Waals surface area contributed by atoms with Crippen molar-refractivity contribution < 1.29 is 18.0 Å². The highest BCUT2D eigenvalue weighted by Crippen LogP contribution is 2.31. The topological polar surface area (TPSA) is 72.7 Å². The highest BCUT2D eigenvalue weighted by atomic mass is 32.1. The van der Waals surface area contributed by atoms with E-state index in [4.69, 9.17) is 0 Å². The van der Waals surface area contributed by atoms with Gasteiger partial charge in [0.2, 0.25) is 0 Å². The van der Waals surface area contributed by atoms with Gasteiger partial charge in [-0.25, -0.2) is 9.97 Å². The molecule has 3 aromatic heterocycles. The third kappa shape index (κ3) is 3.74. The number of nitrogens with zero attached hydrogens (tertiary/aromatic N) is 4. The largest absolute Gasteiger partial charge is 0.434 e. The first-order chi connectivity index (χ1) is 12.1. The van der Waals surface area contributed by atoms with Crippen LogP contribution in [0.4, 0.5) is 18.3 Å². The maximum absolute atomic E-state index is 12.6. The number of rotatable bonds is 3. The molecule has 0 fully saturated rings. The van der Waals surface area contributed by atoms with Crippen molar-refractivity contribution in [2.75, 3.05) is 5.32 Å². The number of carbonyl (C=O) groups excluding carboxylic acids is 1. The van der Waals surface area contributed by atoms with Gasteiger partial charge in [0.1, 0.15) is 5.69 Å². The van der Waals surface area contributed by atoms with Crippen LogP contribution in [0.25, 0.3) is 11.3 Å². The summed E-state index contributed by atoms with van der Waals surface area (Å²) in [6.07, 6.45) is -4.55. The minimum atomic E-state index is -4.55. The molecule has 3 rings (SSSR count). The summed E-state index contributed by atoms with van der Waals surface area (Å²) in [5.41, 5.74) is 2.01. The van der Waals surface area contributed by atoms with Gasteiger partial charge in [0.05, 0.1) is 11.4 Å². The van der Waals surface area contributed by atoms with Gasteiger partial charge in [-0.3, -0.25) is 14.8 Å². The Kier molecular flexibility index (Phi) is 4.53. The van der Waals surface area contributed by atoms with Crippen LogP contribution in [0.3, 0.4) is 0 Å². The minimum absolute atomic E-state index is 0.0858. The minimum Gasteiger partial charge on any atom is -0.296 e. The van der Waals surface area contributed by atoms with Gasteiger partial charge in [-0.1, -0.05) is 0 Å². The van der Waals surface area contributed by atoms with Gasteiger partial charge >= 0.3 is 6.18 Å². The Hall–Kier alpha value is -2.75. The molecule has 3 heterocycles. The van der Waals surface area contributed by atoms with Gasteiger partial charge in [0.15, 0.2) is 10.8 Å². The molecule has 3 aromatic rings. The van der Waals surface area contributed by atoms with Crippen LogP contribution >= 0.6 is 11.3 Å². The fraction of sp³-hybridized carbons (Fsp3) is 0.250. The quantitative estimate of drug-likeness (QED) is 0.748. The average molecular weight is 381 g/mol. The van der Waals surface area contributed by atoms with E-state index in [0.29, 0.717) is 17.0 Å². The van der Waals surface area contributed by atoms with Gasteiger partial charge in [-0.15, -0.1) is 11.3 Å². The average Bonchev–Trinajstić information content (AvgIpc) is 3.12. The van der Waals surface area contributed by atoms with Crippen molar-refractivity contribution in [1.82, 2.24) is 19.7 Å². The molecule has 0 unspecified atom stereocenters. The van der Waals surface area contributed by atoms with Crippen molar-refractivity contribution in [3.05, 3.63) is 46.4 Å². The van der Waals surface area contributed by atoms with Crippen LogP contribution in [-0.2, 0) is 13.2 Å². The first-order valence-corrected chi connectivity index (χ1v) is 8.35. The lowest BCUT2D eigenvalue weighted by Gasteiger charge is -2.07. The van der Waals surface area contributed by atoms with Gasteiger partial charge in [0.25, 0.3) is 5.91 Å². The number of carbonyl (C=O) groups is 1. The highest BCUT2D eigenvalue weighted by Gasteiger charge is 2.34. The maximum atomic E-state index is 12.6. The van der Waals surface area contributed by atoms with Gasteiger partial charge in [-0.05, 0) is 32.0 Å². The molecule has 136 valence electrons. The smallest absolute Gasteiger partial charge is 0.296 e. The molecule has 10 heteroatoms. The van der Waals surface area contributed by atoms with Crippen molar-refractivity contribution >= 4 is 22.4 Å². The summed E-state index contributed by atoms with van der Waals surface area (Å²) < 4.78 is 39.5. The molecule has 0 atom stereocenters. The Morgan fingerprint density at radius 3 is 2.46 bits per heavy atom. The van der Waals surface area contributed by atoms with Crippen LogP contribution in [0, 0.1) is 13.8 Å². The summed E-state index contributed by atoms with van der Waals surface area (Å²) in [5, 5.41) is 7.34. The van der Waals surface area contributed by atoms with E-state index in [1.165, 1.54) is 0 Å². The van der Waals surface area contributed by atoms with E-state index in [9.17, 15) is 18.0 Å². The van der Waals surface area contributed by atoms with Crippen LogP contribution in [-0.4, -0.2) is 25.7 Å². The van der Waals surface area contributed by atoms with Crippen LogP contribution < -0.4 is 5.32 Å². The van der Waals surface area contributed by atoms with E-state index in [-0.39, 0.29) is 10.8 Å². The number of anilines is 1. The summed E-state index contributed by atoms with van der Waals surface area (Å²) in [7, 11) is 1.78. The molecular weight excluding hydrogens is 367 g/mol. The van der Waals surface area contributed by atoms with Crippen molar-refractivity contribution in [3.63, 3.8) is 0 Å². The second-order valence-corrected chi connectivity index (χ2v) is 6.52. The predicted octanol–water partition coefficient (Wildman–Crippen LogP) is 3.83. The van der Waals surface area contributed by atoms with E-state index in [2.05, 4.69) is 20.4 Å². The molecule has 0 saturated heterocycles. The van der Waals surface area contributed by atoms with E-state index in [1.807, 2.05) is 13.0 Å². The van der Waals surface area contributed by atoms with Crippen molar-refractivity contribution in [1.29, 1.82) is 0 Å². The molecular formula is C16H14F3N5OS. The Morgan fingerprint density at radius 1 is 1.15 bits per heavy atom. The van der Waals surface area contributed by atoms with E-state index >= 15 is 0 Å². The zero-order valence-electron chi connectivity index (χ0n) is 14.0. The Bertz CT molecular complexity index is 977. The van der Waals surface area contributed by atoms with Crippen LogP contribution in [0.1, 0.15) is 27.6 Å². The van der Waals surface area contributed by atoms with Crippen LogP contribution in [0.15, 0.2) is 23.6 Å². The standard InChI is InChI=1S/C16H14F3N5OS/c1-8-4-10(12-5-9(2)23-24(12)3)6-11(20-8)14(25)22-15-21-13(7-26-15)16(17,18)19/h4-7H,1-3H3,(H,21,22,25). The molecule has 0 saturated carbocycles. The number of halogens is 3. The van der Waals surface area contributed by atoms with Gasteiger partial charge < -0.3 is 0 Å². The molecule has 0 radical (unpaired) electrons. The maximum Gasteiger partial charge on any atom is 0.434 e. The second-order valence-electron chi connectivity index (χ2n) is 5.67. The lowest BCUT2D eigenvalue weighted by Crippen LogP contribution is -2.15. The fourth-order valence-corrected chi connectivity index (χ4v) is 3.15. The molecule has 0 aliphatic rings. The third-order valence-electron chi connectivity index (χ3n) is 3.50. The van der Waals surface area contributed by atoms with E-state index in [1.54, 1.807) is 30.8 Å². The first kappa shape index (κ1) is 18.1. The Labute approximate surface area is 150 Å². The number of thiazole rings is 1. The molecule has 6 nitrogen and oxygen atoms in total. The predicted molar refractivity (Wildman–Crippen MR) is 91.0 cm³/mol. The third-order valence-corrected chi connectivity index (χ3v) is 4.26. The number of alkyl halides is 3. The number of nitrogens with one attached hydrogen (secondary N) is 1. The van der Waals surface area contributed by atoms with Gasteiger partial charge in [0, 0.05) is 23.7 Å². The second kappa shape index (κ2) is 6.52. The summed E-state index contributed by atoms with van der Waals surface area (Å²) >= 11 is 0.705. The molecule has 0 bridgehead atoms. The zero-order chi connectivity index (χ0) is 19.1. The van der Waals surface area contributed by atoms with Crippen molar-refractivity contribution in [2.24, 2.45) is 7.05 Å². The summed E-state index contributed by atoms with van der Waals surface area (Å²) in [6, 6.07) is 5.24. The molecule has 26 heavy (non-hydrogen) atoms. The number of hydrogen-bond acceptors (Lipinski definition) is 5.